The average molecular weight is 291 g/mol. The lowest BCUT2D eigenvalue weighted by molar-refractivity contribution is 0.228. The van der Waals surface area contributed by atoms with Gasteiger partial charge >= 0.3 is 0 Å². The van der Waals surface area contributed by atoms with E-state index in [4.69, 9.17) is 16.6 Å². The fraction of sp³-hybridized carbons (Fsp3) is 0.588. The molecular formula is C17H23ClN2. The van der Waals surface area contributed by atoms with Crippen LogP contribution in [-0.2, 0) is 6.54 Å². The molecule has 1 heterocycles. The van der Waals surface area contributed by atoms with E-state index in [0.717, 1.165) is 29.7 Å². The molecule has 1 aromatic carbocycles. The van der Waals surface area contributed by atoms with E-state index in [0.29, 0.717) is 0 Å². The maximum Gasteiger partial charge on any atom is 0.127 e. The minimum Gasteiger partial charge on any atom is -0.326 e. The van der Waals surface area contributed by atoms with Gasteiger partial charge in [0, 0.05) is 6.54 Å². The molecule has 1 saturated carbocycles. The summed E-state index contributed by atoms with van der Waals surface area (Å²) in [6.07, 6.45) is 5.46. The predicted molar refractivity (Wildman–Crippen MR) is 85.1 cm³/mol. The first-order valence-electron chi connectivity index (χ1n) is 7.76. The predicted octanol–water partition coefficient (Wildman–Crippen LogP) is 5.16. The average Bonchev–Trinajstić information content (AvgIpc) is 2.81. The van der Waals surface area contributed by atoms with Crippen LogP contribution in [0.3, 0.4) is 0 Å². The smallest absolute Gasteiger partial charge is 0.127 e. The van der Waals surface area contributed by atoms with Crippen molar-refractivity contribution in [1.82, 2.24) is 9.55 Å². The van der Waals surface area contributed by atoms with Crippen molar-refractivity contribution in [2.24, 2.45) is 11.8 Å². The Morgan fingerprint density at radius 2 is 2.05 bits per heavy atom. The van der Waals surface area contributed by atoms with E-state index in [1.54, 1.807) is 0 Å². The number of benzene rings is 1. The summed E-state index contributed by atoms with van der Waals surface area (Å²) >= 11 is 6.35. The molecule has 0 radical (unpaired) electrons. The number of aromatic nitrogens is 2. The van der Waals surface area contributed by atoms with Gasteiger partial charge in [-0.1, -0.05) is 38.3 Å². The van der Waals surface area contributed by atoms with Crippen LogP contribution >= 0.6 is 11.6 Å². The summed E-state index contributed by atoms with van der Waals surface area (Å²) < 4.78 is 2.36. The number of alkyl halides is 1. The van der Waals surface area contributed by atoms with E-state index >= 15 is 0 Å². The molecule has 0 aliphatic heterocycles. The van der Waals surface area contributed by atoms with Crippen LogP contribution in [0.2, 0.25) is 0 Å². The third-order valence-corrected chi connectivity index (χ3v) is 4.94. The van der Waals surface area contributed by atoms with Gasteiger partial charge in [0.05, 0.1) is 16.4 Å². The highest BCUT2D eigenvalue weighted by Gasteiger charge is 2.24. The van der Waals surface area contributed by atoms with Crippen LogP contribution in [0.15, 0.2) is 24.3 Å². The largest absolute Gasteiger partial charge is 0.326 e. The zero-order valence-corrected chi connectivity index (χ0v) is 13.1. The van der Waals surface area contributed by atoms with Crippen LogP contribution in [0.25, 0.3) is 11.0 Å². The molecular weight excluding hydrogens is 268 g/mol. The summed E-state index contributed by atoms with van der Waals surface area (Å²) in [6, 6.07) is 8.39. The summed E-state index contributed by atoms with van der Waals surface area (Å²) in [5.41, 5.74) is 2.30. The maximum absolute atomic E-state index is 6.35. The van der Waals surface area contributed by atoms with Crippen LogP contribution in [-0.4, -0.2) is 9.55 Å². The van der Waals surface area contributed by atoms with E-state index in [9.17, 15) is 0 Å². The second-order valence-electron chi connectivity index (χ2n) is 6.21. The fourth-order valence-electron chi connectivity index (χ4n) is 3.49. The lowest BCUT2D eigenvalue weighted by Crippen LogP contribution is -2.23. The van der Waals surface area contributed by atoms with Crippen LogP contribution in [0.4, 0.5) is 0 Å². The summed E-state index contributed by atoms with van der Waals surface area (Å²) in [5, 5.41) is -0.0405. The molecule has 3 heteroatoms. The normalized spacial score (nSPS) is 24.9. The van der Waals surface area contributed by atoms with Crippen molar-refractivity contribution < 1.29 is 0 Å². The van der Waals surface area contributed by atoms with Crippen molar-refractivity contribution in [1.29, 1.82) is 0 Å². The molecule has 0 N–H and O–H groups in total. The van der Waals surface area contributed by atoms with Gasteiger partial charge < -0.3 is 4.57 Å². The number of imidazole rings is 1. The molecule has 1 aliphatic rings. The molecule has 108 valence electrons. The van der Waals surface area contributed by atoms with Gasteiger partial charge in [0.1, 0.15) is 5.82 Å². The number of nitrogens with zero attached hydrogens (tertiary/aromatic N) is 2. The highest BCUT2D eigenvalue weighted by molar-refractivity contribution is 6.20. The van der Waals surface area contributed by atoms with Crippen molar-refractivity contribution in [3.63, 3.8) is 0 Å². The van der Waals surface area contributed by atoms with Crippen molar-refractivity contribution in [2.75, 3.05) is 0 Å². The first-order valence-corrected chi connectivity index (χ1v) is 8.19. The molecule has 1 aliphatic carbocycles. The highest BCUT2D eigenvalue weighted by atomic mass is 35.5. The zero-order valence-electron chi connectivity index (χ0n) is 12.3. The Kier molecular flexibility index (Phi) is 4.02. The lowest BCUT2D eigenvalue weighted by atomic mass is 9.80. The van der Waals surface area contributed by atoms with E-state index in [-0.39, 0.29) is 5.38 Å². The van der Waals surface area contributed by atoms with Crippen LogP contribution < -0.4 is 0 Å². The topological polar surface area (TPSA) is 17.8 Å². The SMILES string of the molecule is CC(Cl)c1nc2ccccc2n1CC1CCCCC1C. The van der Waals surface area contributed by atoms with E-state index in [1.165, 1.54) is 31.2 Å². The molecule has 0 bridgehead atoms. The highest BCUT2D eigenvalue weighted by Crippen LogP contribution is 2.33. The Morgan fingerprint density at radius 1 is 1.30 bits per heavy atom. The first-order chi connectivity index (χ1) is 9.66. The number of hydrogen-bond acceptors (Lipinski definition) is 1. The molecule has 1 aromatic heterocycles. The van der Waals surface area contributed by atoms with Gasteiger partial charge in [-0.05, 0) is 37.3 Å². The van der Waals surface area contributed by atoms with Gasteiger partial charge in [-0.15, -0.1) is 11.6 Å². The van der Waals surface area contributed by atoms with Crippen LogP contribution in [0.5, 0.6) is 0 Å². The molecule has 20 heavy (non-hydrogen) atoms. The maximum atomic E-state index is 6.35. The Balaban J connectivity index is 1.98. The third kappa shape index (κ3) is 2.58. The Hall–Kier alpha value is -1.02. The van der Waals surface area contributed by atoms with Gasteiger partial charge in [0.25, 0.3) is 0 Å². The van der Waals surface area contributed by atoms with Gasteiger partial charge in [0.2, 0.25) is 0 Å². The van der Waals surface area contributed by atoms with Gasteiger partial charge in [-0.3, -0.25) is 0 Å². The van der Waals surface area contributed by atoms with Crippen molar-refractivity contribution in [3.05, 3.63) is 30.1 Å². The number of rotatable bonds is 3. The zero-order chi connectivity index (χ0) is 14.1. The van der Waals surface area contributed by atoms with Crippen LogP contribution in [0, 0.1) is 11.8 Å². The number of para-hydroxylation sites is 2. The molecule has 3 rings (SSSR count). The van der Waals surface area contributed by atoms with Crippen molar-refractivity contribution in [2.45, 2.75) is 51.5 Å². The standard InChI is InChI=1S/C17H23ClN2/c1-12-7-3-4-8-14(12)11-20-16-10-6-5-9-15(16)19-17(20)13(2)18/h5-6,9-10,12-14H,3-4,7-8,11H2,1-2H3. The number of halogens is 1. The second kappa shape index (κ2) is 5.77. The first kappa shape index (κ1) is 13.9. The monoisotopic (exact) mass is 290 g/mol. The van der Waals surface area contributed by atoms with Gasteiger partial charge in [-0.2, -0.15) is 0 Å². The minimum atomic E-state index is -0.0405. The Bertz CT molecular complexity index is 588. The summed E-state index contributed by atoms with van der Waals surface area (Å²) in [4.78, 5) is 4.73. The minimum absolute atomic E-state index is 0.0405. The van der Waals surface area contributed by atoms with Crippen LogP contribution in [0.1, 0.15) is 50.7 Å². The second-order valence-corrected chi connectivity index (χ2v) is 6.86. The lowest BCUT2D eigenvalue weighted by Gasteiger charge is -2.29. The quantitative estimate of drug-likeness (QED) is 0.714. The Morgan fingerprint density at radius 3 is 2.80 bits per heavy atom. The van der Waals surface area contributed by atoms with E-state index in [2.05, 4.69) is 29.7 Å². The van der Waals surface area contributed by atoms with E-state index < -0.39 is 0 Å². The number of hydrogen-bond donors (Lipinski definition) is 0. The molecule has 1 fully saturated rings. The molecule has 0 saturated heterocycles. The molecule has 2 aromatic rings. The molecule has 2 nitrogen and oxygen atoms in total. The third-order valence-electron chi connectivity index (χ3n) is 4.75. The molecule has 0 amide bonds. The van der Waals surface area contributed by atoms with Crippen molar-refractivity contribution >= 4 is 22.6 Å². The molecule has 3 atom stereocenters. The molecule has 0 spiro atoms. The molecule has 3 unspecified atom stereocenters. The number of fused-ring (bicyclic) bond motifs is 1. The van der Waals surface area contributed by atoms with Crippen molar-refractivity contribution in [3.8, 4) is 0 Å². The Labute approximate surface area is 126 Å². The fourth-order valence-corrected chi connectivity index (χ4v) is 3.66. The summed E-state index contributed by atoms with van der Waals surface area (Å²) in [5.74, 6) is 2.59. The van der Waals surface area contributed by atoms with Gasteiger partial charge in [-0.25, -0.2) is 4.98 Å². The summed E-state index contributed by atoms with van der Waals surface area (Å²) in [6.45, 7) is 5.48. The summed E-state index contributed by atoms with van der Waals surface area (Å²) in [7, 11) is 0. The van der Waals surface area contributed by atoms with Gasteiger partial charge in [0.15, 0.2) is 0 Å². The van der Waals surface area contributed by atoms with E-state index in [1.807, 2.05) is 13.0 Å².